The van der Waals surface area contributed by atoms with Crippen molar-refractivity contribution in [1.82, 2.24) is 0 Å². The maximum atomic E-state index is 4.30. The molecule has 0 aliphatic rings. The van der Waals surface area contributed by atoms with Crippen molar-refractivity contribution in [2.45, 2.75) is 12.5 Å². The maximum absolute atomic E-state index is 4.30. The summed E-state index contributed by atoms with van der Waals surface area (Å²) >= 11 is 4.30. The van der Waals surface area contributed by atoms with E-state index in [0.717, 1.165) is 0 Å². The third-order valence-electron chi connectivity index (χ3n) is 0.316. The second kappa shape index (κ2) is 2.10. The number of rotatable bonds is 1. The lowest BCUT2D eigenvalue weighted by Gasteiger charge is -1.96. The maximum Gasteiger partial charge on any atom is 0.201 e. The summed E-state index contributed by atoms with van der Waals surface area (Å²) in [5, 5.41) is 2.19. The minimum atomic E-state index is -0.540. The van der Waals surface area contributed by atoms with E-state index in [-0.39, 0.29) is 0 Å². The molecule has 0 spiro atoms. The van der Waals surface area contributed by atoms with E-state index >= 15 is 0 Å². The fraction of sp³-hybridized carbons (Fsp3) is 0.400. The SMILES string of the molecule is [CH2]C([CH2+])(C)N=C=S. The zero-order chi connectivity index (χ0) is 5.91. The predicted molar refractivity (Wildman–Crippen MR) is 34.1 cm³/mol. The van der Waals surface area contributed by atoms with Gasteiger partial charge in [-0.05, 0) is 12.2 Å². The number of hydrogen-bond acceptors (Lipinski definition) is 2. The molecule has 0 amide bonds. The molecule has 0 N–H and O–H groups in total. The summed E-state index contributed by atoms with van der Waals surface area (Å²) in [6.45, 7) is 8.86. The highest BCUT2D eigenvalue weighted by atomic mass is 32.1. The molecule has 0 aliphatic heterocycles. The average molecular weight is 113 g/mol. The van der Waals surface area contributed by atoms with Crippen LogP contribution in [0.3, 0.4) is 0 Å². The van der Waals surface area contributed by atoms with Crippen LogP contribution < -0.4 is 0 Å². The lowest BCUT2D eigenvalue weighted by Crippen LogP contribution is -2.08. The Morgan fingerprint density at radius 3 is 2.43 bits per heavy atom. The van der Waals surface area contributed by atoms with Crippen LogP contribution in [0.1, 0.15) is 6.92 Å². The van der Waals surface area contributed by atoms with Crippen molar-refractivity contribution in [2.24, 2.45) is 4.99 Å². The summed E-state index contributed by atoms with van der Waals surface area (Å²) in [7, 11) is 0. The Labute approximate surface area is 49.5 Å². The van der Waals surface area contributed by atoms with Gasteiger partial charge in [-0.15, -0.1) is 0 Å². The van der Waals surface area contributed by atoms with Gasteiger partial charge in [0.25, 0.3) is 0 Å². The molecule has 2 heteroatoms. The topological polar surface area (TPSA) is 12.4 Å². The van der Waals surface area contributed by atoms with Gasteiger partial charge < -0.3 is 0 Å². The lowest BCUT2D eigenvalue weighted by molar-refractivity contribution is 0.735. The van der Waals surface area contributed by atoms with E-state index in [1.807, 2.05) is 0 Å². The molecule has 37 valence electrons. The van der Waals surface area contributed by atoms with Gasteiger partial charge in [-0.2, -0.15) is 4.99 Å². The summed E-state index contributed by atoms with van der Waals surface area (Å²) < 4.78 is 0. The van der Waals surface area contributed by atoms with Crippen LogP contribution in [0.5, 0.6) is 0 Å². The van der Waals surface area contributed by atoms with Crippen molar-refractivity contribution >= 4 is 17.4 Å². The Balaban J connectivity index is 3.80. The number of hydrogen-bond donors (Lipinski definition) is 0. The normalized spacial score (nSPS) is 10.0. The number of isothiocyanates is 1. The Hall–Kier alpha value is -0.330. The first-order valence-corrected chi connectivity index (χ1v) is 2.27. The summed E-state index contributed by atoms with van der Waals surface area (Å²) in [4.78, 5) is 3.60. The largest absolute Gasteiger partial charge is 0.201 e. The first kappa shape index (κ1) is 6.67. The summed E-state index contributed by atoms with van der Waals surface area (Å²) in [5.41, 5.74) is -0.540. The predicted octanol–water partition coefficient (Wildman–Crippen LogP) is 1.52. The average Bonchev–Trinajstić information content (AvgIpc) is 1.30. The summed E-state index contributed by atoms with van der Waals surface area (Å²) in [6, 6.07) is 0. The molecule has 0 aromatic heterocycles. The molecule has 1 nitrogen and oxygen atoms in total. The molecule has 7 heavy (non-hydrogen) atoms. The molecule has 0 unspecified atom stereocenters. The molecule has 0 saturated carbocycles. The quantitative estimate of drug-likeness (QED) is 0.285. The van der Waals surface area contributed by atoms with Gasteiger partial charge in [0, 0.05) is 13.8 Å². The van der Waals surface area contributed by atoms with Crippen LogP contribution in [0.2, 0.25) is 0 Å². The summed E-state index contributed by atoms with van der Waals surface area (Å²) in [6.07, 6.45) is 0. The fourth-order valence-corrected chi connectivity index (χ4v) is 0.331. The van der Waals surface area contributed by atoms with Crippen LogP contribution in [-0.2, 0) is 0 Å². The third-order valence-corrected chi connectivity index (χ3v) is 0.407. The number of nitrogens with zero attached hydrogens (tertiary/aromatic N) is 1. The van der Waals surface area contributed by atoms with Gasteiger partial charge in [-0.3, -0.25) is 0 Å². The molecule has 0 aromatic carbocycles. The molecule has 0 heterocycles. The van der Waals surface area contributed by atoms with Crippen LogP contribution in [0.4, 0.5) is 0 Å². The molecule has 0 fully saturated rings. The van der Waals surface area contributed by atoms with E-state index in [9.17, 15) is 0 Å². The summed E-state index contributed by atoms with van der Waals surface area (Å²) in [5.74, 6) is 0. The van der Waals surface area contributed by atoms with E-state index in [0.29, 0.717) is 0 Å². The van der Waals surface area contributed by atoms with Gasteiger partial charge in [-0.25, -0.2) is 0 Å². The van der Waals surface area contributed by atoms with E-state index in [1.165, 1.54) is 0 Å². The standard InChI is InChI=1S/C5H7NS/c1-5(2,3)6-4-7/h1-2H2,3H3/q+1. The van der Waals surface area contributed by atoms with E-state index in [4.69, 9.17) is 0 Å². The molecule has 0 bridgehead atoms. The lowest BCUT2D eigenvalue weighted by atomic mass is 10.1. The van der Waals surface area contributed by atoms with Crippen molar-refractivity contribution in [2.75, 3.05) is 0 Å². The third kappa shape index (κ3) is 5.67. The van der Waals surface area contributed by atoms with Gasteiger partial charge >= 0.3 is 0 Å². The van der Waals surface area contributed by atoms with E-state index in [2.05, 4.69) is 36.2 Å². The Morgan fingerprint density at radius 1 is 2.00 bits per heavy atom. The van der Waals surface area contributed by atoms with Crippen molar-refractivity contribution in [1.29, 1.82) is 0 Å². The Bertz CT molecular complexity index is 95.1. The molecule has 0 saturated heterocycles. The highest BCUT2D eigenvalue weighted by Gasteiger charge is 2.13. The molecular formula is C5H7NS+. The number of thiocarbonyl (C=S) groups is 1. The van der Waals surface area contributed by atoms with Gasteiger partial charge in [0.2, 0.25) is 5.54 Å². The van der Waals surface area contributed by atoms with Crippen LogP contribution >= 0.6 is 12.2 Å². The van der Waals surface area contributed by atoms with Crippen molar-refractivity contribution < 1.29 is 0 Å². The van der Waals surface area contributed by atoms with Crippen molar-refractivity contribution in [3.8, 4) is 0 Å². The van der Waals surface area contributed by atoms with Crippen molar-refractivity contribution in [3.05, 3.63) is 13.8 Å². The Morgan fingerprint density at radius 2 is 2.43 bits per heavy atom. The second-order valence-electron chi connectivity index (χ2n) is 1.70. The van der Waals surface area contributed by atoms with Gasteiger partial charge in [0.05, 0.1) is 12.1 Å². The first-order chi connectivity index (χ1) is 3.06. The highest BCUT2D eigenvalue weighted by molar-refractivity contribution is 7.78. The highest BCUT2D eigenvalue weighted by Crippen LogP contribution is 2.01. The zero-order valence-electron chi connectivity index (χ0n) is 4.27. The van der Waals surface area contributed by atoms with Gasteiger partial charge in [0.1, 0.15) is 0 Å². The van der Waals surface area contributed by atoms with Crippen LogP contribution in [0.25, 0.3) is 0 Å². The second-order valence-corrected chi connectivity index (χ2v) is 1.88. The zero-order valence-corrected chi connectivity index (χ0v) is 5.09. The first-order valence-electron chi connectivity index (χ1n) is 1.86. The molecule has 0 atom stereocenters. The monoisotopic (exact) mass is 113 g/mol. The molecule has 0 rings (SSSR count). The van der Waals surface area contributed by atoms with E-state index in [1.54, 1.807) is 6.92 Å². The van der Waals surface area contributed by atoms with Gasteiger partial charge in [0.15, 0.2) is 0 Å². The fourth-order valence-electron chi connectivity index (χ4n) is 0.110. The van der Waals surface area contributed by atoms with E-state index < -0.39 is 5.54 Å². The van der Waals surface area contributed by atoms with Gasteiger partial charge in [-0.1, -0.05) is 0 Å². The number of aliphatic imine (C=N–C) groups is 1. The molecule has 0 aliphatic carbocycles. The van der Waals surface area contributed by atoms with Crippen LogP contribution in [0, 0.1) is 13.8 Å². The minimum absolute atomic E-state index is 0.540. The molecule has 1 radical (unpaired) electrons. The molecule has 0 aromatic rings. The minimum Gasteiger partial charge on any atom is -0.179 e. The van der Waals surface area contributed by atoms with Crippen LogP contribution in [0.15, 0.2) is 4.99 Å². The molecular weight excluding hydrogens is 106 g/mol. The Kier molecular flexibility index (Phi) is 2.00. The smallest absolute Gasteiger partial charge is 0.179 e. The van der Waals surface area contributed by atoms with Crippen LogP contribution in [-0.4, -0.2) is 10.7 Å². The van der Waals surface area contributed by atoms with Crippen molar-refractivity contribution in [3.63, 3.8) is 0 Å².